The predicted octanol–water partition coefficient (Wildman–Crippen LogP) is 4.12. The molecule has 0 radical (unpaired) electrons. The molecule has 0 amide bonds. The normalized spacial score (nSPS) is 10.9. The van der Waals surface area contributed by atoms with E-state index in [0.717, 1.165) is 10.6 Å². The molecule has 2 aromatic rings. The van der Waals surface area contributed by atoms with Crippen molar-refractivity contribution in [3.63, 3.8) is 0 Å². The maximum atomic E-state index is 12.0. The van der Waals surface area contributed by atoms with Gasteiger partial charge in [-0.2, -0.15) is 0 Å². The van der Waals surface area contributed by atoms with E-state index in [1.807, 2.05) is 29.9 Å². The van der Waals surface area contributed by atoms with E-state index in [1.165, 1.54) is 5.56 Å². The molecule has 0 N–H and O–H groups in total. The van der Waals surface area contributed by atoms with E-state index >= 15 is 0 Å². The second-order valence-electron chi connectivity index (χ2n) is 4.94. The van der Waals surface area contributed by atoms with Gasteiger partial charge < -0.3 is 4.57 Å². The Morgan fingerprint density at radius 1 is 1.21 bits per heavy atom. The Bertz CT molecular complexity index is 554. The largest absolute Gasteiger partial charge is 0.348 e. The minimum Gasteiger partial charge on any atom is -0.348 e. The molecule has 3 heteroatoms. The first-order chi connectivity index (χ1) is 9.08. The zero-order chi connectivity index (χ0) is 13.8. The number of benzene rings is 1. The summed E-state index contributed by atoms with van der Waals surface area (Å²) in [4.78, 5) is 13.2. The average molecular weight is 273 g/mol. The zero-order valence-corrected chi connectivity index (χ0v) is 12.4. The smallest absolute Gasteiger partial charge is 0.189 e. The molecule has 0 saturated carbocycles. The Labute approximate surface area is 118 Å². The van der Waals surface area contributed by atoms with Gasteiger partial charge in [0.15, 0.2) is 5.78 Å². The van der Waals surface area contributed by atoms with Crippen LogP contribution in [-0.2, 0) is 7.05 Å². The first kappa shape index (κ1) is 13.9. The number of carbonyl (C=O) groups is 1. The molecule has 0 saturated heterocycles. The molecule has 1 aromatic carbocycles. The highest BCUT2D eigenvalue weighted by Crippen LogP contribution is 2.22. The Morgan fingerprint density at radius 3 is 2.42 bits per heavy atom. The minimum atomic E-state index is 0.172. The van der Waals surface area contributed by atoms with Gasteiger partial charge in [-0.05, 0) is 35.7 Å². The first-order valence-electron chi connectivity index (χ1n) is 6.45. The summed E-state index contributed by atoms with van der Waals surface area (Å²) in [6.07, 6.45) is 1.90. The summed E-state index contributed by atoms with van der Waals surface area (Å²) < 4.78 is 1.87. The summed E-state index contributed by atoms with van der Waals surface area (Å²) in [7, 11) is 1.90. The molecule has 1 aromatic heterocycles. The van der Waals surface area contributed by atoms with Gasteiger partial charge in [0, 0.05) is 18.1 Å². The van der Waals surface area contributed by atoms with Gasteiger partial charge in [-0.25, -0.2) is 0 Å². The fraction of sp³-hybridized carbons (Fsp3) is 0.312. The van der Waals surface area contributed by atoms with Gasteiger partial charge in [-0.15, -0.1) is 11.8 Å². The van der Waals surface area contributed by atoms with Gasteiger partial charge in [0.25, 0.3) is 0 Å². The lowest BCUT2D eigenvalue weighted by Crippen LogP contribution is -2.07. The van der Waals surface area contributed by atoms with Gasteiger partial charge in [0.2, 0.25) is 0 Å². The molecule has 2 nitrogen and oxygen atoms in total. The lowest BCUT2D eigenvalue weighted by Gasteiger charge is -2.07. The number of hydrogen-bond donors (Lipinski definition) is 0. The third-order valence-corrected chi connectivity index (χ3v) is 4.16. The highest BCUT2D eigenvalue weighted by molar-refractivity contribution is 8.00. The standard InChI is InChI=1S/C16H19NOS/c1-12(2)13-6-8-14(9-7-13)19-11-16(18)15-5-4-10-17(15)3/h4-10,12H,11H2,1-3H3. The van der Waals surface area contributed by atoms with Crippen LogP contribution in [0.5, 0.6) is 0 Å². The molecule has 100 valence electrons. The molecule has 0 bridgehead atoms. The highest BCUT2D eigenvalue weighted by Gasteiger charge is 2.09. The summed E-state index contributed by atoms with van der Waals surface area (Å²) in [6.45, 7) is 4.36. The average Bonchev–Trinajstić information content (AvgIpc) is 2.83. The van der Waals surface area contributed by atoms with E-state index in [9.17, 15) is 4.79 Å². The van der Waals surface area contributed by atoms with E-state index in [4.69, 9.17) is 0 Å². The Kier molecular flexibility index (Phi) is 4.48. The molecule has 0 unspecified atom stereocenters. The molecule has 2 rings (SSSR count). The van der Waals surface area contributed by atoms with Crippen LogP contribution in [0.2, 0.25) is 0 Å². The molecule has 0 spiro atoms. The number of ketones is 1. The number of Topliss-reactive ketones (excluding diaryl/α,β-unsaturated/α-hetero) is 1. The van der Waals surface area contributed by atoms with Crippen molar-refractivity contribution in [1.82, 2.24) is 4.57 Å². The van der Waals surface area contributed by atoms with Crippen LogP contribution in [0.15, 0.2) is 47.5 Å². The molecule has 1 heterocycles. The molecular weight excluding hydrogens is 254 g/mol. The monoisotopic (exact) mass is 273 g/mol. The van der Waals surface area contributed by atoms with Gasteiger partial charge in [0.05, 0.1) is 11.4 Å². The Morgan fingerprint density at radius 2 is 1.89 bits per heavy atom. The van der Waals surface area contributed by atoms with Gasteiger partial charge >= 0.3 is 0 Å². The van der Waals surface area contributed by atoms with Crippen LogP contribution in [0.25, 0.3) is 0 Å². The van der Waals surface area contributed by atoms with Crippen LogP contribution in [0.1, 0.15) is 35.8 Å². The summed E-state index contributed by atoms with van der Waals surface area (Å²) in [5.74, 6) is 1.20. The van der Waals surface area contributed by atoms with Crippen LogP contribution in [-0.4, -0.2) is 16.1 Å². The molecule has 0 fully saturated rings. The highest BCUT2D eigenvalue weighted by atomic mass is 32.2. The maximum Gasteiger partial charge on any atom is 0.189 e. The number of nitrogens with zero attached hydrogens (tertiary/aromatic N) is 1. The summed E-state index contributed by atoms with van der Waals surface area (Å²) in [5.41, 5.74) is 2.10. The van der Waals surface area contributed by atoms with Gasteiger partial charge in [-0.1, -0.05) is 26.0 Å². The second-order valence-corrected chi connectivity index (χ2v) is 5.99. The van der Waals surface area contributed by atoms with Crippen molar-refractivity contribution < 1.29 is 4.79 Å². The fourth-order valence-corrected chi connectivity index (χ4v) is 2.70. The first-order valence-corrected chi connectivity index (χ1v) is 7.44. The maximum absolute atomic E-state index is 12.0. The van der Waals surface area contributed by atoms with Crippen molar-refractivity contribution in [3.8, 4) is 0 Å². The summed E-state index contributed by atoms with van der Waals surface area (Å²) in [6, 6.07) is 12.2. The number of rotatable bonds is 5. The molecule has 0 aliphatic heterocycles. The third-order valence-electron chi connectivity index (χ3n) is 3.15. The van der Waals surface area contributed by atoms with Crippen molar-refractivity contribution in [2.24, 2.45) is 7.05 Å². The van der Waals surface area contributed by atoms with E-state index < -0.39 is 0 Å². The van der Waals surface area contributed by atoms with Crippen molar-refractivity contribution >= 4 is 17.5 Å². The topological polar surface area (TPSA) is 22.0 Å². The van der Waals surface area contributed by atoms with Crippen LogP contribution in [0, 0.1) is 0 Å². The summed E-state index contributed by atoms with van der Waals surface area (Å²) >= 11 is 1.59. The minimum absolute atomic E-state index is 0.172. The van der Waals surface area contributed by atoms with Crippen LogP contribution in [0.4, 0.5) is 0 Å². The predicted molar refractivity (Wildman–Crippen MR) is 81.0 cm³/mol. The van der Waals surface area contributed by atoms with Crippen molar-refractivity contribution in [2.75, 3.05) is 5.75 Å². The number of hydrogen-bond acceptors (Lipinski definition) is 2. The zero-order valence-electron chi connectivity index (χ0n) is 11.6. The number of aromatic nitrogens is 1. The molecule has 0 atom stereocenters. The van der Waals surface area contributed by atoms with Gasteiger partial charge in [-0.3, -0.25) is 4.79 Å². The molecule has 19 heavy (non-hydrogen) atoms. The third kappa shape index (κ3) is 3.51. The van der Waals surface area contributed by atoms with Crippen molar-refractivity contribution in [3.05, 3.63) is 53.9 Å². The Balaban J connectivity index is 1.95. The lowest BCUT2D eigenvalue weighted by atomic mass is 10.0. The number of thioether (sulfide) groups is 1. The van der Waals surface area contributed by atoms with E-state index in [-0.39, 0.29) is 5.78 Å². The van der Waals surface area contributed by atoms with Crippen molar-refractivity contribution in [2.45, 2.75) is 24.7 Å². The Hall–Kier alpha value is -1.48. The number of carbonyl (C=O) groups excluding carboxylic acids is 1. The fourth-order valence-electron chi connectivity index (χ4n) is 1.92. The van der Waals surface area contributed by atoms with Crippen LogP contribution >= 0.6 is 11.8 Å². The van der Waals surface area contributed by atoms with Crippen molar-refractivity contribution in [1.29, 1.82) is 0 Å². The van der Waals surface area contributed by atoms with Crippen LogP contribution in [0.3, 0.4) is 0 Å². The number of aryl methyl sites for hydroxylation is 1. The van der Waals surface area contributed by atoms with E-state index in [1.54, 1.807) is 11.8 Å². The SMILES string of the molecule is CC(C)c1ccc(SCC(=O)c2cccn2C)cc1. The molecule has 0 aliphatic carbocycles. The van der Waals surface area contributed by atoms with Gasteiger partial charge in [0.1, 0.15) is 0 Å². The molecular formula is C16H19NOS. The quantitative estimate of drug-likeness (QED) is 0.604. The van der Waals surface area contributed by atoms with E-state index in [0.29, 0.717) is 11.7 Å². The summed E-state index contributed by atoms with van der Waals surface area (Å²) in [5, 5.41) is 0. The van der Waals surface area contributed by atoms with E-state index in [2.05, 4.69) is 38.1 Å². The second kappa shape index (κ2) is 6.11. The molecule has 0 aliphatic rings. The lowest BCUT2D eigenvalue weighted by molar-refractivity contribution is 0.101. The van der Waals surface area contributed by atoms with Crippen LogP contribution < -0.4 is 0 Å².